The Labute approximate surface area is 137 Å². The molecule has 1 aromatic rings. The molecule has 0 saturated heterocycles. The van der Waals surface area contributed by atoms with E-state index in [9.17, 15) is 9.59 Å². The largest absolute Gasteiger partial charge is 0.494 e. The minimum atomic E-state index is -0.350. The number of carbonyl (C=O) groups excluding carboxylic acids is 2. The van der Waals surface area contributed by atoms with Crippen molar-refractivity contribution in [2.45, 2.75) is 26.3 Å². The first kappa shape index (κ1) is 20.2. The number of benzene rings is 1. The summed E-state index contributed by atoms with van der Waals surface area (Å²) in [7, 11) is 0. The van der Waals surface area contributed by atoms with Gasteiger partial charge in [0.2, 0.25) is 11.8 Å². The number of hydrogen-bond donors (Lipinski definition) is 3. The maximum atomic E-state index is 11.5. The van der Waals surface area contributed by atoms with E-state index in [1.54, 1.807) is 0 Å². The first-order valence-corrected chi connectivity index (χ1v) is 7.11. The third kappa shape index (κ3) is 8.49. The van der Waals surface area contributed by atoms with Gasteiger partial charge in [-0.05, 0) is 24.1 Å². The first-order chi connectivity index (χ1) is 10.2. The van der Waals surface area contributed by atoms with Gasteiger partial charge in [-0.3, -0.25) is 9.59 Å². The molecule has 1 rings (SSSR count). The van der Waals surface area contributed by atoms with Crippen LogP contribution < -0.4 is 21.1 Å². The molecule has 0 aromatic heterocycles. The lowest BCUT2D eigenvalue weighted by molar-refractivity contribution is -0.125. The zero-order valence-electron chi connectivity index (χ0n) is 12.8. The van der Waals surface area contributed by atoms with Crippen LogP contribution in [0.5, 0.6) is 5.75 Å². The fourth-order valence-corrected chi connectivity index (χ4v) is 1.59. The maximum Gasteiger partial charge on any atom is 0.239 e. The molecule has 0 heterocycles. The van der Waals surface area contributed by atoms with Gasteiger partial charge in [-0.1, -0.05) is 25.5 Å². The first-order valence-electron chi connectivity index (χ1n) is 7.11. The van der Waals surface area contributed by atoms with E-state index in [0.29, 0.717) is 13.2 Å². The van der Waals surface area contributed by atoms with E-state index in [4.69, 9.17) is 10.5 Å². The molecule has 7 heteroatoms. The lowest BCUT2D eigenvalue weighted by Gasteiger charge is -2.09. The predicted molar refractivity (Wildman–Crippen MR) is 88.0 cm³/mol. The molecule has 0 saturated carbocycles. The van der Waals surface area contributed by atoms with Crippen LogP contribution >= 0.6 is 12.4 Å². The van der Waals surface area contributed by atoms with Crippen molar-refractivity contribution >= 4 is 24.2 Å². The molecule has 0 aliphatic rings. The van der Waals surface area contributed by atoms with E-state index in [1.807, 2.05) is 24.3 Å². The van der Waals surface area contributed by atoms with E-state index < -0.39 is 0 Å². The third-order valence-corrected chi connectivity index (χ3v) is 2.79. The topological polar surface area (TPSA) is 93.5 Å². The highest BCUT2D eigenvalue weighted by Gasteiger charge is 2.04. The fraction of sp³-hybridized carbons (Fsp3) is 0.467. The van der Waals surface area contributed by atoms with Crippen molar-refractivity contribution in [3.05, 3.63) is 29.8 Å². The van der Waals surface area contributed by atoms with Crippen LogP contribution in [0.2, 0.25) is 0 Å². The minimum Gasteiger partial charge on any atom is -0.494 e. The summed E-state index contributed by atoms with van der Waals surface area (Å²) in [5.74, 6) is 0.192. The molecule has 4 N–H and O–H groups in total. The van der Waals surface area contributed by atoms with Gasteiger partial charge in [-0.15, -0.1) is 12.4 Å². The minimum absolute atomic E-state index is 0. The number of nitrogens with one attached hydrogen (secondary N) is 2. The lowest BCUT2D eigenvalue weighted by Crippen LogP contribution is -2.39. The summed E-state index contributed by atoms with van der Waals surface area (Å²) in [4.78, 5) is 22.5. The number of unbranched alkanes of at least 4 members (excludes halogenated alkanes) is 1. The number of ether oxygens (including phenoxy) is 1. The van der Waals surface area contributed by atoms with Crippen LogP contribution in [0.15, 0.2) is 24.3 Å². The van der Waals surface area contributed by atoms with Crippen molar-refractivity contribution in [3.63, 3.8) is 0 Å². The van der Waals surface area contributed by atoms with Crippen LogP contribution in [0.3, 0.4) is 0 Å². The summed E-state index contributed by atoms with van der Waals surface area (Å²) in [6.45, 7) is 3.01. The molecule has 124 valence electrons. The summed E-state index contributed by atoms with van der Waals surface area (Å²) in [5.41, 5.74) is 6.08. The second-order valence-corrected chi connectivity index (χ2v) is 4.61. The third-order valence-electron chi connectivity index (χ3n) is 2.79. The van der Waals surface area contributed by atoms with Crippen LogP contribution in [-0.4, -0.2) is 31.5 Å². The van der Waals surface area contributed by atoms with E-state index in [0.717, 1.165) is 24.2 Å². The normalized spacial score (nSPS) is 9.55. The second-order valence-electron chi connectivity index (χ2n) is 4.61. The number of amides is 2. The van der Waals surface area contributed by atoms with Crippen LogP contribution in [0, 0.1) is 0 Å². The molecule has 0 atom stereocenters. The molecule has 0 fully saturated rings. The summed E-state index contributed by atoms with van der Waals surface area (Å²) < 4.78 is 5.60. The molecule has 0 radical (unpaired) electrons. The van der Waals surface area contributed by atoms with Crippen LogP contribution in [0.25, 0.3) is 0 Å². The lowest BCUT2D eigenvalue weighted by atomic mass is 10.2. The van der Waals surface area contributed by atoms with E-state index in [2.05, 4.69) is 17.6 Å². The second kappa shape index (κ2) is 11.8. The SMILES string of the molecule is CCCCOc1cccc(CNC(=O)CNC(=O)CN)c1.Cl. The Morgan fingerprint density at radius 2 is 2.00 bits per heavy atom. The van der Waals surface area contributed by atoms with Crippen molar-refractivity contribution in [1.82, 2.24) is 10.6 Å². The molecule has 22 heavy (non-hydrogen) atoms. The van der Waals surface area contributed by atoms with Gasteiger partial charge in [-0.25, -0.2) is 0 Å². The molecule has 0 aliphatic heterocycles. The Morgan fingerprint density at radius 3 is 2.68 bits per heavy atom. The van der Waals surface area contributed by atoms with Crippen LogP contribution in [-0.2, 0) is 16.1 Å². The fourth-order valence-electron chi connectivity index (χ4n) is 1.59. The summed E-state index contributed by atoms with van der Waals surface area (Å²) in [6, 6.07) is 7.58. The molecule has 2 amide bonds. The van der Waals surface area contributed by atoms with Crippen molar-refractivity contribution in [2.24, 2.45) is 5.73 Å². The number of hydrogen-bond acceptors (Lipinski definition) is 4. The molecule has 0 unspecified atom stereocenters. The smallest absolute Gasteiger partial charge is 0.239 e. The molecular weight excluding hydrogens is 306 g/mol. The van der Waals surface area contributed by atoms with Gasteiger partial charge in [-0.2, -0.15) is 0 Å². The Bertz CT molecular complexity index is 469. The Balaban J connectivity index is 0.00000441. The highest BCUT2D eigenvalue weighted by Crippen LogP contribution is 2.13. The quantitative estimate of drug-likeness (QED) is 0.589. The van der Waals surface area contributed by atoms with Gasteiger partial charge in [0, 0.05) is 6.54 Å². The zero-order valence-corrected chi connectivity index (χ0v) is 13.6. The van der Waals surface area contributed by atoms with E-state index in [-0.39, 0.29) is 37.3 Å². The van der Waals surface area contributed by atoms with Gasteiger partial charge >= 0.3 is 0 Å². The van der Waals surface area contributed by atoms with Gasteiger partial charge in [0.15, 0.2) is 0 Å². The zero-order chi connectivity index (χ0) is 15.5. The monoisotopic (exact) mass is 329 g/mol. The molecule has 1 aromatic carbocycles. The molecule has 0 spiro atoms. The average Bonchev–Trinajstić information content (AvgIpc) is 2.51. The maximum absolute atomic E-state index is 11.5. The van der Waals surface area contributed by atoms with Crippen molar-refractivity contribution in [1.29, 1.82) is 0 Å². The molecular formula is C15H24ClN3O3. The van der Waals surface area contributed by atoms with Gasteiger partial charge in [0.25, 0.3) is 0 Å². The highest BCUT2D eigenvalue weighted by molar-refractivity contribution is 5.85. The van der Waals surface area contributed by atoms with Crippen molar-refractivity contribution in [3.8, 4) is 5.75 Å². The van der Waals surface area contributed by atoms with Crippen molar-refractivity contribution in [2.75, 3.05) is 19.7 Å². The van der Waals surface area contributed by atoms with Gasteiger partial charge < -0.3 is 21.1 Å². The van der Waals surface area contributed by atoms with Crippen LogP contribution in [0.1, 0.15) is 25.3 Å². The van der Waals surface area contributed by atoms with Gasteiger partial charge in [0.05, 0.1) is 19.7 Å². The number of nitrogens with two attached hydrogens (primary N) is 1. The van der Waals surface area contributed by atoms with Crippen molar-refractivity contribution < 1.29 is 14.3 Å². The Kier molecular flexibility index (Phi) is 10.9. The van der Waals surface area contributed by atoms with E-state index in [1.165, 1.54) is 0 Å². The predicted octanol–water partition coefficient (Wildman–Crippen LogP) is 0.978. The molecule has 0 bridgehead atoms. The highest BCUT2D eigenvalue weighted by atomic mass is 35.5. The Hall–Kier alpha value is -1.79. The van der Waals surface area contributed by atoms with E-state index >= 15 is 0 Å². The number of carbonyl (C=O) groups is 2. The Morgan fingerprint density at radius 1 is 1.23 bits per heavy atom. The molecule has 6 nitrogen and oxygen atoms in total. The number of halogens is 1. The average molecular weight is 330 g/mol. The summed E-state index contributed by atoms with van der Waals surface area (Å²) in [6.07, 6.45) is 2.10. The summed E-state index contributed by atoms with van der Waals surface area (Å²) in [5, 5.41) is 5.14. The van der Waals surface area contributed by atoms with Gasteiger partial charge in [0.1, 0.15) is 5.75 Å². The van der Waals surface area contributed by atoms with Crippen LogP contribution in [0.4, 0.5) is 0 Å². The number of rotatable bonds is 9. The standard InChI is InChI=1S/C15H23N3O3.ClH/c1-2-3-7-21-13-6-4-5-12(8-13)10-17-15(20)11-18-14(19)9-16;/h4-6,8H,2-3,7,9-11,16H2,1H3,(H,17,20)(H,18,19);1H. The molecule has 0 aliphatic carbocycles. The summed E-state index contributed by atoms with van der Waals surface area (Å²) >= 11 is 0.